The molecule has 94 valence electrons. The molecule has 2 N–H and O–H groups in total. The second-order valence-corrected chi connectivity index (χ2v) is 4.04. The minimum Gasteiger partial charge on any atom is -0.497 e. The lowest BCUT2D eigenvalue weighted by molar-refractivity contribution is -0.123. The molecule has 1 amide bonds. The van der Waals surface area contributed by atoms with Crippen LogP contribution in [0.1, 0.15) is 6.92 Å². The van der Waals surface area contributed by atoms with Crippen molar-refractivity contribution in [3.8, 4) is 11.5 Å². The fraction of sp³-hybridized carbons (Fsp3) is 0.214. The average molecular weight is 245 g/mol. The predicted molar refractivity (Wildman–Crippen MR) is 69.8 cm³/mol. The first-order valence-corrected chi connectivity index (χ1v) is 5.64. The number of hydrogen-bond acceptors (Lipinski definition) is 3. The third-order valence-electron chi connectivity index (χ3n) is 2.73. The lowest BCUT2D eigenvalue weighted by atomic mass is 10.1. The summed E-state index contributed by atoms with van der Waals surface area (Å²) in [5, 5.41) is 2.07. The summed E-state index contributed by atoms with van der Waals surface area (Å²) in [6.07, 6.45) is -0.645. The average Bonchev–Trinajstić information content (AvgIpc) is 2.37. The van der Waals surface area contributed by atoms with Gasteiger partial charge in [-0.3, -0.25) is 4.79 Å². The van der Waals surface area contributed by atoms with Crippen molar-refractivity contribution in [3.05, 3.63) is 36.4 Å². The summed E-state index contributed by atoms with van der Waals surface area (Å²) >= 11 is 0. The number of nitrogens with two attached hydrogens (primary N) is 1. The molecule has 0 fully saturated rings. The Bertz CT molecular complexity index is 580. The molecular weight excluding hydrogens is 230 g/mol. The Kier molecular flexibility index (Phi) is 3.37. The van der Waals surface area contributed by atoms with Crippen LogP contribution in [0, 0.1) is 0 Å². The Morgan fingerprint density at radius 3 is 2.33 bits per heavy atom. The molecule has 4 heteroatoms. The molecule has 0 spiro atoms. The maximum absolute atomic E-state index is 10.9. The highest BCUT2D eigenvalue weighted by molar-refractivity contribution is 5.85. The van der Waals surface area contributed by atoms with E-state index in [1.807, 2.05) is 36.4 Å². The second kappa shape index (κ2) is 4.96. The number of carbonyl (C=O) groups is 1. The standard InChI is InChI=1S/C14H15NO3/c1-9(14(15)16)18-13-6-4-10-3-5-12(17-2)7-11(10)8-13/h3-9H,1-2H3,(H2,15,16)/t9-/m0/s1. The number of fused-ring (bicyclic) bond motifs is 1. The number of ether oxygens (including phenoxy) is 2. The number of amides is 1. The Labute approximate surface area is 105 Å². The van der Waals surface area contributed by atoms with Gasteiger partial charge >= 0.3 is 0 Å². The van der Waals surface area contributed by atoms with Gasteiger partial charge in [-0.1, -0.05) is 12.1 Å². The first-order valence-electron chi connectivity index (χ1n) is 5.64. The molecular formula is C14H15NO3. The van der Waals surface area contributed by atoms with Crippen LogP contribution in [0.3, 0.4) is 0 Å². The number of rotatable bonds is 4. The summed E-state index contributed by atoms with van der Waals surface area (Å²) in [6, 6.07) is 11.4. The third-order valence-corrected chi connectivity index (χ3v) is 2.73. The summed E-state index contributed by atoms with van der Waals surface area (Å²) in [5.74, 6) is 0.908. The zero-order valence-corrected chi connectivity index (χ0v) is 10.3. The molecule has 0 aliphatic rings. The molecule has 0 saturated heterocycles. The normalized spacial score (nSPS) is 12.1. The molecule has 0 aliphatic heterocycles. The molecule has 0 radical (unpaired) electrons. The van der Waals surface area contributed by atoms with Crippen LogP contribution in [0.2, 0.25) is 0 Å². The molecule has 2 aromatic rings. The summed E-state index contributed by atoms with van der Waals surface area (Å²) in [7, 11) is 1.62. The monoisotopic (exact) mass is 245 g/mol. The highest BCUT2D eigenvalue weighted by Crippen LogP contribution is 2.25. The van der Waals surface area contributed by atoms with E-state index in [0.717, 1.165) is 16.5 Å². The quantitative estimate of drug-likeness (QED) is 0.897. The van der Waals surface area contributed by atoms with E-state index in [0.29, 0.717) is 5.75 Å². The van der Waals surface area contributed by atoms with Gasteiger partial charge in [-0.2, -0.15) is 0 Å². The van der Waals surface area contributed by atoms with Gasteiger partial charge in [-0.05, 0) is 42.0 Å². The Balaban J connectivity index is 2.33. The first kappa shape index (κ1) is 12.2. The first-order chi connectivity index (χ1) is 8.60. The van der Waals surface area contributed by atoms with Gasteiger partial charge in [-0.25, -0.2) is 0 Å². The second-order valence-electron chi connectivity index (χ2n) is 4.04. The molecule has 0 aliphatic carbocycles. The number of carbonyl (C=O) groups excluding carboxylic acids is 1. The van der Waals surface area contributed by atoms with Crippen molar-refractivity contribution in [1.29, 1.82) is 0 Å². The molecule has 0 saturated carbocycles. The van der Waals surface area contributed by atoms with Gasteiger partial charge < -0.3 is 15.2 Å². The molecule has 2 rings (SSSR count). The van der Waals surface area contributed by atoms with Crippen LogP contribution in [-0.4, -0.2) is 19.1 Å². The fourth-order valence-electron chi connectivity index (χ4n) is 1.67. The molecule has 4 nitrogen and oxygen atoms in total. The van der Waals surface area contributed by atoms with E-state index in [1.54, 1.807) is 14.0 Å². The van der Waals surface area contributed by atoms with Crippen molar-refractivity contribution >= 4 is 16.7 Å². The van der Waals surface area contributed by atoms with E-state index in [2.05, 4.69) is 0 Å². The Morgan fingerprint density at radius 2 is 1.72 bits per heavy atom. The molecule has 0 heterocycles. The topological polar surface area (TPSA) is 61.6 Å². The minimum absolute atomic E-state index is 0.485. The van der Waals surface area contributed by atoms with E-state index in [9.17, 15) is 4.79 Å². The Morgan fingerprint density at radius 1 is 1.11 bits per heavy atom. The van der Waals surface area contributed by atoms with Crippen LogP contribution >= 0.6 is 0 Å². The Hall–Kier alpha value is -2.23. The zero-order chi connectivity index (χ0) is 13.1. The third kappa shape index (κ3) is 2.53. The summed E-state index contributed by atoms with van der Waals surface area (Å²) in [6.45, 7) is 1.62. The van der Waals surface area contributed by atoms with Crippen LogP contribution in [0.5, 0.6) is 11.5 Å². The van der Waals surface area contributed by atoms with Gasteiger partial charge in [0.25, 0.3) is 5.91 Å². The number of methoxy groups -OCH3 is 1. The van der Waals surface area contributed by atoms with Crippen molar-refractivity contribution in [2.45, 2.75) is 13.0 Å². The molecule has 0 bridgehead atoms. The number of hydrogen-bond donors (Lipinski definition) is 1. The number of primary amides is 1. The van der Waals surface area contributed by atoms with Crippen LogP contribution in [0.4, 0.5) is 0 Å². The summed E-state index contributed by atoms with van der Waals surface area (Å²) in [4.78, 5) is 10.9. The van der Waals surface area contributed by atoms with Gasteiger partial charge in [0.15, 0.2) is 6.10 Å². The number of benzene rings is 2. The zero-order valence-electron chi connectivity index (χ0n) is 10.3. The van der Waals surface area contributed by atoms with Crippen LogP contribution < -0.4 is 15.2 Å². The van der Waals surface area contributed by atoms with Crippen LogP contribution in [-0.2, 0) is 4.79 Å². The molecule has 1 atom stereocenters. The molecule has 18 heavy (non-hydrogen) atoms. The highest BCUT2D eigenvalue weighted by Gasteiger charge is 2.10. The summed E-state index contributed by atoms with van der Waals surface area (Å²) < 4.78 is 10.6. The van der Waals surface area contributed by atoms with E-state index in [4.69, 9.17) is 15.2 Å². The van der Waals surface area contributed by atoms with Gasteiger partial charge in [0, 0.05) is 0 Å². The maximum atomic E-state index is 10.9. The van der Waals surface area contributed by atoms with Crippen LogP contribution in [0.15, 0.2) is 36.4 Å². The SMILES string of the molecule is COc1ccc2ccc(O[C@@H](C)C(N)=O)cc2c1. The van der Waals surface area contributed by atoms with E-state index in [1.165, 1.54) is 0 Å². The van der Waals surface area contributed by atoms with E-state index >= 15 is 0 Å². The maximum Gasteiger partial charge on any atom is 0.258 e. The van der Waals surface area contributed by atoms with Gasteiger partial charge in [0.05, 0.1) is 7.11 Å². The van der Waals surface area contributed by atoms with E-state index < -0.39 is 12.0 Å². The fourth-order valence-corrected chi connectivity index (χ4v) is 1.67. The van der Waals surface area contributed by atoms with Crippen molar-refractivity contribution in [2.24, 2.45) is 5.73 Å². The lowest BCUT2D eigenvalue weighted by Gasteiger charge is -2.12. The molecule has 0 aromatic heterocycles. The smallest absolute Gasteiger partial charge is 0.258 e. The summed E-state index contributed by atoms with van der Waals surface area (Å²) in [5.41, 5.74) is 5.16. The predicted octanol–water partition coefficient (Wildman–Crippen LogP) is 2.10. The van der Waals surface area contributed by atoms with Gasteiger partial charge in [-0.15, -0.1) is 0 Å². The molecule has 0 unspecified atom stereocenters. The van der Waals surface area contributed by atoms with Crippen molar-refractivity contribution in [3.63, 3.8) is 0 Å². The molecule has 2 aromatic carbocycles. The largest absolute Gasteiger partial charge is 0.497 e. The lowest BCUT2D eigenvalue weighted by Crippen LogP contribution is -2.30. The van der Waals surface area contributed by atoms with Crippen LogP contribution in [0.25, 0.3) is 10.8 Å². The van der Waals surface area contributed by atoms with E-state index in [-0.39, 0.29) is 0 Å². The van der Waals surface area contributed by atoms with Crippen molar-refractivity contribution in [2.75, 3.05) is 7.11 Å². The van der Waals surface area contributed by atoms with Gasteiger partial charge in [0.1, 0.15) is 11.5 Å². The van der Waals surface area contributed by atoms with Crippen molar-refractivity contribution in [1.82, 2.24) is 0 Å². The van der Waals surface area contributed by atoms with Crippen molar-refractivity contribution < 1.29 is 14.3 Å². The van der Waals surface area contributed by atoms with Gasteiger partial charge in [0.2, 0.25) is 0 Å². The highest BCUT2D eigenvalue weighted by atomic mass is 16.5. The minimum atomic E-state index is -0.645.